The second-order valence-corrected chi connectivity index (χ2v) is 9.68. The van der Waals surface area contributed by atoms with Crippen LogP contribution in [0.15, 0.2) is 79.0 Å². The number of nitrogens with zero attached hydrogens (tertiary/aromatic N) is 2. The lowest BCUT2D eigenvalue weighted by atomic mass is 9.79. The van der Waals surface area contributed by atoms with Crippen LogP contribution in [0, 0.1) is 0 Å². The summed E-state index contributed by atoms with van der Waals surface area (Å²) < 4.78 is 0. The van der Waals surface area contributed by atoms with Crippen molar-refractivity contribution >= 4 is 52.7 Å². The molecule has 1 aromatic heterocycles. The third-order valence-electron chi connectivity index (χ3n) is 7.05. The van der Waals surface area contributed by atoms with Crippen LogP contribution in [0.2, 0.25) is 0 Å². The lowest BCUT2D eigenvalue weighted by molar-refractivity contribution is -0.130. The molecule has 2 heterocycles. The molecule has 0 spiro atoms. The normalized spacial score (nSPS) is 15.1. The molecule has 4 N–H and O–H groups in total. The molecule has 10 nitrogen and oxygen atoms in total. The van der Waals surface area contributed by atoms with E-state index in [2.05, 4.69) is 10.3 Å². The first kappa shape index (κ1) is 26.9. The average molecular weight is 538 g/mol. The first-order valence-corrected chi connectivity index (χ1v) is 12.8. The van der Waals surface area contributed by atoms with Crippen molar-refractivity contribution in [2.24, 2.45) is 0 Å². The minimum atomic E-state index is -1.71. The zero-order valence-electron chi connectivity index (χ0n) is 21.7. The number of para-hydroxylation sites is 1. The minimum absolute atomic E-state index is 0.114. The molecule has 1 aliphatic heterocycles. The zero-order valence-corrected chi connectivity index (χ0v) is 21.7. The van der Waals surface area contributed by atoms with E-state index in [1.807, 2.05) is 13.0 Å². The summed E-state index contributed by atoms with van der Waals surface area (Å²) in [6.07, 6.45) is 1.45. The molecular weight excluding hydrogens is 511 g/mol. The van der Waals surface area contributed by atoms with Crippen LogP contribution in [0.4, 0.5) is 5.69 Å². The molecule has 202 valence electrons. The predicted molar refractivity (Wildman–Crippen MR) is 150 cm³/mol. The van der Waals surface area contributed by atoms with E-state index in [1.165, 1.54) is 29.3 Å². The lowest BCUT2D eigenvalue weighted by Crippen LogP contribution is -2.56. The summed E-state index contributed by atoms with van der Waals surface area (Å²) in [6.45, 7) is 2.67. The molecule has 11 heteroatoms. The number of piperazine rings is 1. The molecule has 1 saturated heterocycles. The summed E-state index contributed by atoms with van der Waals surface area (Å²) >= 11 is 0. The van der Waals surface area contributed by atoms with Crippen LogP contribution in [-0.2, 0) is 4.79 Å². The molecule has 1 aliphatic rings. The number of hydrogen-bond acceptors (Lipinski definition) is 6. The number of ketones is 1. The summed E-state index contributed by atoms with van der Waals surface area (Å²) in [5, 5.41) is 22.0. The van der Waals surface area contributed by atoms with E-state index in [0.29, 0.717) is 35.2 Å². The fourth-order valence-electron chi connectivity index (χ4n) is 4.93. The van der Waals surface area contributed by atoms with E-state index in [0.717, 1.165) is 0 Å². The van der Waals surface area contributed by atoms with Crippen molar-refractivity contribution < 1.29 is 29.2 Å². The summed E-state index contributed by atoms with van der Waals surface area (Å²) in [4.78, 5) is 58.5. The number of anilines is 1. The van der Waals surface area contributed by atoms with Gasteiger partial charge in [-0.05, 0) is 42.7 Å². The maximum absolute atomic E-state index is 13.3. The number of aromatic nitrogens is 1. The number of carbonyl (C=O) groups excluding carboxylic acids is 4. The highest BCUT2D eigenvalue weighted by atomic mass is 16.4. The SMILES string of the molecule is C[C@@H]1CN(C(=O)c2ccccc2)CCN1C(=O)C(=O)c1c[nH]c2c(NC(=O)c3cccc(B(O)O)c3)cccc12. The number of Topliss-reactive ketones (excluding diaryl/α,β-unsaturated/α-hetero) is 1. The Balaban J connectivity index is 1.30. The molecule has 3 amide bonds. The van der Waals surface area contributed by atoms with E-state index < -0.39 is 24.7 Å². The quantitative estimate of drug-likeness (QED) is 0.167. The van der Waals surface area contributed by atoms with E-state index in [4.69, 9.17) is 0 Å². The van der Waals surface area contributed by atoms with Gasteiger partial charge in [0.05, 0.1) is 16.8 Å². The third kappa shape index (κ3) is 5.24. The van der Waals surface area contributed by atoms with Crippen LogP contribution in [0.25, 0.3) is 10.9 Å². The number of benzene rings is 3. The van der Waals surface area contributed by atoms with Gasteiger partial charge in [0, 0.05) is 48.4 Å². The van der Waals surface area contributed by atoms with Crippen molar-refractivity contribution in [3.63, 3.8) is 0 Å². The maximum atomic E-state index is 13.3. The van der Waals surface area contributed by atoms with Crippen molar-refractivity contribution in [3.8, 4) is 0 Å². The van der Waals surface area contributed by atoms with Crippen molar-refractivity contribution in [3.05, 3.63) is 95.7 Å². The number of amides is 3. The number of rotatable bonds is 6. The van der Waals surface area contributed by atoms with Crippen molar-refractivity contribution in [2.45, 2.75) is 13.0 Å². The van der Waals surface area contributed by atoms with Crippen LogP contribution in [0.5, 0.6) is 0 Å². The van der Waals surface area contributed by atoms with Gasteiger partial charge < -0.3 is 30.1 Å². The lowest BCUT2D eigenvalue weighted by Gasteiger charge is -2.39. The molecule has 0 unspecified atom stereocenters. The van der Waals surface area contributed by atoms with Gasteiger partial charge in [-0.3, -0.25) is 19.2 Å². The van der Waals surface area contributed by atoms with Crippen LogP contribution < -0.4 is 10.8 Å². The second kappa shape index (κ2) is 11.2. The monoisotopic (exact) mass is 538 g/mol. The van der Waals surface area contributed by atoms with E-state index in [1.54, 1.807) is 53.4 Å². The number of carbonyl (C=O) groups is 4. The van der Waals surface area contributed by atoms with Gasteiger partial charge in [0.1, 0.15) is 0 Å². The Morgan fingerprint density at radius 2 is 1.65 bits per heavy atom. The van der Waals surface area contributed by atoms with Crippen LogP contribution in [-0.4, -0.2) is 81.1 Å². The Bertz CT molecular complexity index is 1600. The Kier molecular flexibility index (Phi) is 7.50. The van der Waals surface area contributed by atoms with E-state index >= 15 is 0 Å². The summed E-state index contributed by atoms with van der Waals surface area (Å²) in [5.74, 6) is -1.94. The molecule has 3 aromatic carbocycles. The van der Waals surface area contributed by atoms with E-state index in [9.17, 15) is 29.2 Å². The van der Waals surface area contributed by atoms with Crippen molar-refractivity contribution in [2.75, 3.05) is 25.0 Å². The van der Waals surface area contributed by atoms with E-state index in [-0.39, 0.29) is 35.1 Å². The van der Waals surface area contributed by atoms with Crippen molar-refractivity contribution in [1.29, 1.82) is 0 Å². The van der Waals surface area contributed by atoms with Gasteiger partial charge in [-0.25, -0.2) is 0 Å². The summed E-state index contributed by atoms with van der Waals surface area (Å²) in [5.41, 5.74) is 2.01. The Morgan fingerprint density at radius 1 is 0.925 bits per heavy atom. The molecule has 0 saturated carbocycles. The molecule has 0 bridgehead atoms. The van der Waals surface area contributed by atoms with Gasteiger partial charge in [-0.2, -0.15) is 0 Å². The van der Waals surface area contributed by atoms with Gasteiger partial charge in [-0.1, -0.05) is 42.5 Å². The molecule has 40 heavy (non-hydrogen) atoms. The fourth-order valence-corrected chi connectivity index (χ4v) is 4.93. The first-order chi connectivity index (χ1) is 19.2. The fraction of sp³-hybridized carbons (Fsp3) is 0.172. The predicted octanol–water partition coefficient (Wildman–Crippen LogP) is 1.66. The zero-order chi connectivity index (χ0) is 28.4. The molecule has 4 aromatic rings. The smallest absolute Gasteiger partial charge is 0.423 e. The van der Waals surface area contributed by atoms with Gasteiger partial charge in [0.25, 0.3) is 23.5 Å². The molecule has 1 fully saturated rings. The van der Waals surface area contributed by atoms with Crippen LogP contribution in [0.1, 0.15) is 38.0 Å². The molecule has 1 atom stereocenters. The average Bonchev–Trinajstić information content (AvgIpc) is 3.41. The molecule has 5 rings (SSSR count). The molecule has 0 radical (unpaired) electrons. The van der Waals surface area contributed by atoms with Gasteiger partial charge in [0.15, 0.2) is 0 Å². The standard InChI is InChI=1S/C29H27BN4O6/c1-18-17-33(28(37)19-7-3-2-4-8-19)13-14-34(18)29(38)26(35)23-16-31-25-22(23)11-6-12-24(25)32-27(36)20-9-5-10-21(15-20)30(39)40/h2-12,15-16,18,31,39-40H,13-14,17H2,1H3,(H,32,36)/t18-/m1/s1. The van der Waals surface area contributed by atoms with Gasteiger partial charge >= 0.3 is 7.12 Å². The van der Waals surface area contributed by atoms with Crippen molar-refractivity contribution in [1.82, 2.24) is 14.8 Å². The Hall–Kier alpha value is -4.74. The van der Waals surface area contributed by atoms with Gasteiger partial charge in [-0.15, -0.1) is 0 Å². The molecular formula is C29H27BN4O6. The second-order valence-electron chi connectivity index (χ2n) is 9.68. The molecule has 0 aliphatic carbocycles. The largest absolute Gasteiger partial charge is 0.488 e. The number of H-pyrrole nitrogens is 1. The third-order valence-corrected chi connectivity index (χ3v) is 7.05. The number of fused-ring (bicyclic) bond motifs is 1. The number of nitrogens with one attached hydrogen (secondary N) is 2. The highest BCUT2D eigenvalue weighted by molar-refractivity contribution is 6.58. The summed E-state index contributed by atoms with van der Waals surface area (Å²) in [6, 6.07) is 19.5. The topological polar surface area (TPSA) is 143 Å². The maximum Gasteiger partial charge on any atom is 0.488 e. The summed E-state index contributed by atoms with van der Waals surface area (Å²) in [7, 11) is -1.71. The first-order valence-electron chi connectivity index (χ1n) is 12.8. The Labute approximate surface area is 230 Å². The minimum Gasteiger partial charge on any atom is -0.423 e. The number of hydrogen-bond donors (Lipinski definition) is 4. The number of aromatic amines is 1. The van der Waals surface area contributed by atoms with Crippen LogP contribution >= 0.6 is 0 Å². The van der Waals surface area contributed by atoms with Crippen LogP contribution in [0.3, 0.4) is 0 Å². The Morgan fingerprint density at radius 3 is 2.38 bits per heavy atom. The highest BCUT2D eigenvalue weighted by Crippen LogP contribution is 2.27. The highest BCUT2D eigenvalue weighted by Gasteiger charge is 2.34. The van der Waals surface area contributed by atoms with Gasteiger partial charge in [0.2, 0.25) is 0 Å².